The summed E-state index contributed by atoms with van der Waals surface area (Å²) in [6.45, 7) is 1.19. The Balaban J connectivity index is 0.000000231. The Morgan fingerprint density at radius 3 is 2.56 bits per heavy atom. The highest BCUT2D eigenvalue weighted by Gasteiger charge is 2.34. The summed E-state index contributed by atoms with van der Waals surface area (Å²) in [6.07, 6.45) is 9.41. The first-order chi connectivity index (χ1) is 16.3. The fourth-order valence-electron chi connectivity index (χ4n) is 3.51. The van der Waals surface area contributed by atoms with Crippen LogP contribution in [0.25, 0.3) is 10.4 Å². The maximum absolute atomic E-state index is 12.2. The number of amides is 1. The number of alkyl halides is 3. The zero-order valence-electron chi connectivity index (χ0n) is 18.3. The summed E-state index contributed by atoms with van der Waals surface area (Å²) in [5.74, 6) is -1.10. The molecule has 4 rings (SSSR count). The topological polar surface area (TPSA) is 68.0 Å². The van der Waals surface area contributed by atoms with E-state index >= 15 is 0 Å². The van der Waals surface area contributed by atoms with E-state index in [9.17, 15) is 18.0 Å². The minimum atomic E-state index is -4.62. The van der Waals surface area contributed by atoms with Crippen LogP contribution in [0.1, 0.15) is 40.9 Å². The van der Waals surface area contributed by atoms with Crippen LogP contribution in [0, 0.1) is 12.8 Å². The number of terminal acetylenes is 1. The standard InChI is InChI=1S/C16H19NS.C7H4ClF3N2O.C2H2/c1-2-9-17-15(7-1)12-13-5-3-6-14(11-13)16-8-4-10-18-16;8-4-3(7(9,10)11)1-2-13-5(4)6(12)14;1-2/h3-6,8,10-11,15,17H,1-2,7,9,12H2;1-2H,(H2,12,14);1-2H/t15-;;/m0../s1. The summed E-state index contributed by atoms with van der Waals surface area (Å²) in [7, 11) is 0. The first-order valence-electron chi connectivity index (χ1n) is 10.5. The minimum absolute atomic E-state index is 0.582. The monoisotopic (exact) mass is 507 g/mol. The quantitative estimate of drug-likeness (QED) is 0.413. The lowest BCUT2D eigenvalue weighted by Gasteiger charge is -2.23. The van der Waals surface area contributed by atoms with Crippen LogP contribution >= 0.6 is 22.9 Å². The van der Waals surface area contributed by atoms with Gasteiger partial charge in [-0.25, -0.2) is 4.98 Å². The molecule has 1 amide bonds. The van der Waals surface area contributed by atoms with E-state index in [-0.39, 0.29) is 0 Å². The highest BCUT2D eigenvalue weighted by molar-refractivity contribution is 7.13. The van der Waals surface area contributed by atoms with Crippen molar-refractivity contribution in [1.29, 1.82) is 0 Å². The van der Waals surface area contributed by atoms with Gasteiger partial charge in [-0.1, -0.05) is 48.4 Å². The number of thiophene rings is 1. The molecule has 0 saturated carbocycles. The minimum Gasteiger partial charge on any atom is -0.364 e. The van der Waals surface area contributed by atoms with E-state index in [0.717, 1.165) is 6.20 Å². The Kier molecular flexibility index (Phi) is 10.6. The van der Waals surface area contributed by atoms with Gasteiger partial charge in [-0.05, 0) is 54.4 Å². The first kappa shape index (κ1) is 27.4. The molecule has 1 aromatic carbocycles. The van der Waals surface area contributed by atoms with E-state index in [4.69, 9.17) is 17.3 Å². The Bertz CT molecular complexity index is 1080. The van der Waals surface area contributed by atoms with E-state index in [2.05, 4.69) is 64.9 Å². The van der Waals surface area contributed by atoms with Crippen molar-refractivity contribution in [1.82, 2.24) is 10.3 Å². The maximum atomic E-state index is 12.2. The number of nitrogens with one attached hydrogen (secondary N) is 1. The number of hydrogen-bond acceptors (Lipinski definition) is 4. The van der Waals surface area contributed by atoms with Gasteiger partial charge >= 0.3 is 6.18 Å². The molecule has 1 fully saturated rings. The Morgan fingerprint density at radius 1 is 1.21 bits per heavy atom. The molecule has 1 aliphatic rings. The van der Waals surface area contributed by atoms with Crippen molar-refractivity contribution >= 4 is 28.8 Å². The fourth-order valence-corrected chi connectivity index (χ4v) is 4.55. The molecule has 180 valence electrons. The zero-order valence-corrected chi connectivity index (χ0v) is 19.9. The smallest absolute Gasteiger partial charge is 0.364 e. The Labute approximate surface area is 206 Å². The number of nitrogens with two attached hydrogens (primary N) is 1. The second kappa shape index (κ2) is 13.1. The molecular formula is C25H25ClF3N3OS. The summed E-state index contributed by atoms with van der Waals surface area (Å²) in [5, 5.41) is 5.00. The number of nitrogens with zero attached hydrogens (tertiary/aromatic N) is 1. The van der Waals surface area contributed by atoms with Crippen LogP contribution in [-0.4, -0.2) is 23.5 Å². The predicted molar refractivity (Wildman–Crippen MR) is 132 cm³/mol. The van der Waals surface area contributed by atoms with Crippen LogP contribution in [0.2, 0.25) is 5.02 Å². The Hall–Kier alpha value is -2.86. The summed E-state index contributed by atoms with van der Waals surface area (Å²) in [5.41, 5.74) is 5.89. The molecule has 34 heavy (non-hydrogen) atoms. The van der Waals surface area contributed by atoms with Crippen molar-refractivity contribution in [2.24, 2.45) is 5.73 Å². The molecule has 3 heterocycles. The molecule has 1 atom stereocenters. The fraction of sp³-hybridized carbons (Fsp3) is 0.280. The third kappa shape index (κ3) is 7.87. The van der Waals surface area contributed by atoms with Gasteiger partial charge in [0.1, 0.15) is 5.69 Å². The van der Waals surface area contributed by atoms with Gasteiger partial charge in [0.2, 0.25) is 0 Å². The number of carbonyl (C=O) groups is 1. The van der Waals surface area contributed by atoms with Crippen LogP contribution in [-0.2, 0) is 12.6 Å². The number of primary amides is 1. The van der Waals surface area contributed by atoms with Crippen LogP contribution < -0.4 is 11.1 Å². The second-order valence-electron chi connectivity index (χ2n) is 7.41. The SMILES string of the molecule is C#C.NC(=O)c1nccc(C(F)(F)F)c1Cl.c1cc(C[C@@H]2CCCCN2)cc(-c2cccs2)c1. The van der Waals surface area contributed by atoms with Gasteiger partial charge < -0.3 is 11.1 Å². The van der Waals surface area contributed by atoms with Crippen molar-refractivity contribution in [2.75, 3.05) is 6.54 Å². The van der Waals surface area contributed by atoms with E-state index in [1.807, 2.05) is 11.3 Å². The molecule has 1 aliphatic heterocycles. The average molecular weight is 508 g/mol. The average Bonchev–Trinajstić information content (AvgIpc) is 3.36. The number of rotatable bonds is 4. The third-order valence-corrected chi connectivity index (χ3v) is 6.36. The van der Waals surface area contributed by atoms with Gasteiger partial charge in [-0.15, -0.1) is 24.2 Å². The van der Waals surface area contributed by atoms with Crippen molar-refractivity contribution < 1.29 is 18.0 Å². The molecule has 1 saturated heterocycles. The van der Waals surface area contributed by atoms with Gasteiger partial charge in [0.15, 0.2) is 0 Å². The van der Waals surface area contributed by atoms with Crippen molar-refractivity contribution in [3.8, 4) is 23.3 Å². The molecule has 9 heteroatoms. The number of pyridine rings is 1. The van der Waals surface area contributed by atoms with Gasteiger partial charge in [-0.3, -0.25) is 4.79 Å². The lowest BCUT2D eigenvalue weighted by atomic mass is 9.97. The van der Waals surface area contributed by atoms with Gasteiger partial charge in [0.25, 0.3) is 5.91 Å². The number of hydrogen-bond donors (Lipinski definition) is 2. The van der Waals surface area contributed by atoms with Gasteiger partial charge in [0.05, 0.1) is 10.6 Å². The van der Waals surface area contributed by atoms with Crippen molar-refractivity contribution in [3.63, 3.8) is 0 Å². The van der Waals surface area contributed by atoms with Gasteiger partial charge in [0, 0.05) is 17.1 Å². The molecule has 0 spiro atoms. The molecule has 0 unspecified atom stereocenters. The molecule has 3 N–H and O–H groups in total. The number of aromatic nitrogens is 1. The first-order valence-corrected chi connectivity index (χ1v) is 11.7. The lowest BCUT2D eigenvalue weighted by Crippen LogP contribution is -2.35. The molecule has 0 radical (unpaired) electrons. The summed E-state index contributed by atoms with van der Waals surface area (Å²) in [4.78, 5) is 15.3. The highest BCUT2D eigenvalue weighted by Crippen LogP contribution is 2.35. The third-order valence-electron chi connectivity index (χ3n) is 5.06. The van der Waals surface area contributed by atoms with E-state index in [0.29, 0.717) is 12.1 Å². The van der Waals surface area contributed by atoms with Crippen LogP contribution in [0.5, 0.6) is 0 Å². The normalized spacial score (nSPS) is 15.3. The Morgan fingerprint density at radius 2 is 1.97 bits per heavy atom. The number of benzene rings is 1. The highest BCUT2D eigenvalue weighted by atomic mass is 35.5. The second-order valence-corrected chi connectivity index (χ2v) is 8.74. The predicted octanol–water partition coefficient (Wildman–Crippen LogP) is 6.20. The maximum Gasteiger partial charge on any atom is 0.417 e. The van der Waals surface area contributed by atoms with E-state index < -0.39 is 28.4 Å². The van der Waals surface area contributed by atoms with Crippen molar-refractivity contribution in [2.45, 2.75) is 37.9 Å². The zero-order chi connectivity index (χ0) is 25.1. The lowest BCUT2D eigenvalue weighted by molar-refractivity contribution is -0.137. The number of piperidine rings is 1. The largest absolute Gasteiger partial charge is 0.417 e. The van der Waals surface area contributed by atoms with Crippen LogP contribution in [0.15, 0.2) is 54.0 Å². The molecular weight excluding hydrogens is 483 g/mol. The number of carbonyl (C=O) groups excluding carboxylic acids is 1. The van der Waals surface area contributed by atoms with Crippen LogP contribution in [0.3, 0.4) is 0 Å². The van der Waals surface area contributed by atoms with Gasteiger partial charge in [-0.2, -0.15) is 13.2 Å². The summed E-state index contributed by atoms with van der Waals surface area (Å²) >= 11 is 7.12. The summed E-state index contributed by atoms with van der Waals surface area (Å²) in [6, 6.07) is 14.7. The molecule has 0 aliphatic carbocycles. The van der Waals surface area contributed by atoms with E-state index in [1.54, 1.807) is 0 Å². The molecule has 0 bridgehead atoms. The molecule has 3 aromatic rings. The number of halogens is 4. The molecule has 2 aromatic heterocycles. The molecule has 4 nitrogen and oxygen atoms in total. The van der Waals surface area contributed by atoms with E-state index in [1.165, 1.54) is 48.2 Å². The van der Waals surface area contributed by atoms with Crippen molar-refractivity contribution in [3.05, 3.63) is 75.9 Å². The summed E-state index contributed by atoms with van der Waals surface area (Å²) < 4.78 is 36.7. The van der Waals surface area contributed by atoms with Crippen LogP contribution in [0.4, 0.5) is 13.2 Å².